The summed E-state index contributed by atoms with van der Waals surface area (Å²) in [7, 11) is 0. The van der Waals surface area contributed by atoms with Crippen LogP contribution in [0, 0.1) is 0 Å². The van der Waals surface area contributed by atoms with E-state index >= 15 is 0 Å². The minimum absolute atomic E-state index is 0.719. The Morgan fingerprint density at radius 2 is 2.08 bits per heavy atom. The molecule has 0 spiro atoms. The van der Waals surface area contributed by atoms with E-state index in [0.29, 0.717) is 0 Å². The molecule has 1 aromatic carbocycles. The molecular formula is C11H13NO. The van der Waals surface area contributed by atoms with Crippen molar-refractivity contribution in [3.05, 3.63) is 36.1 Å². The number of hydrogen-bond donors (Lipinski definition) is 1. The van der Waals surface area contributed by atoms with Crippen molar-refractivity contribution in [2.24, 2.45) is 5.73 Å². The lowest BCUT2D eigenvalue weighted by Gasteiger charge is -1.91. The van der Waals surface area contributed by atoms with Crippen LogP contribution in [-0.4, -0.2) is 6.54 Å². The number of para-hydroxylation sites is 1. The van der Waals surface area contributed by atoms with Crippen molar-refractivity contribution in [1.29, 1.82) is 0 Å². The van der Waals surface area contributed by atoms with Crippen LogP contribution in [0.2, 0.25) is 0 Å². The predicted molar refractivity (Wildman–Crippen MR) is 53.6 cm³/mol. The van der Waals surface area contributed by atoms with E-state index in [-0.39, 0.29) is 0 Å². The summed E-state index contributed by atoms with van der Waals surface area (Å²) < 4.78 is 5.61. The third-order valence-electron chi connectivity index (χ3n) is 2.10. The summed E-state index contributed by atoms with van der Waals surface area (Å²) in [5.41, 5.74) is 6.40. The van der Waals surface area contributed by atoms with Crippen LogP contribution in [0.5, 0.6) is 0 Å². The van der Waals surface area contributed by atoms with Crippen molar-refractivity contribution in [3.8, 4) is 0 Å². The molecule has 0 radical (unpaired) electrons. The Morgan fingerprint density at radius 3 is 2.85 bits per heavy atom. The zero-order valence-corrected chi connectivity index (χ0v) is 7.49. The minimum Gasteiger partial charge on any atom is -0.461 e. The highest BCUT2D eigenvalue weighted by Gasteiger charge is 2.01. The van der Waals surface area contributed by atoms with Crippen LogP contribution in [0.1, 0.15) is 12.2 Å². The normalized spacial score (nSPS) is 10.8. The first kappa shape index (κ1) is 8.32. The lowest BCUT2D eigenvalue weighted by Crippen LogP contribution is -1.99. The quantitative estimate of drug-likeness (QED) is 0.777. The van der Waals surface area contributed by atoms with E-state index in [9.17, 15) is 0 Å². The highest BCUT2D eigenvalue weighted by atomic mass is 16.3. The second kappa shape index (κ2) is 3.62. The van der Waals surface area contributed by atoms with Gasteiger partial charge in [-0.05, 0) is 25.1 Å². The van der Waals surface area contributed by atoms with Crippen LogP contribution >= 0.6 is 0 Å². The highest BCUT2D eigenvalue weighted by molar-refractivity contribution is 5.77. The van der Waals surface area contributed by atoms with Crippen molar-refractivity contribution in [3.63, 3.8) is 0 Å². The van der Waals surface area contributed by atoms with Gasteiger partial charge in [-0.3, -0.25) is 0 Å². The third-order valence-corrected chi connectivity index (χ3v) is 2.10. The summed E-state index contributed by atoms with van der Waals surface area (Å²) >= 11 is 0. The maximum atomic E-state index is 5.61. The minimum atomic E-state index is 0.719. The average Bonchev–Trinajstić information content (AvgIpc) is 2.57. The molecule has 1 heterocycles. The number of aryl methyl sites for hydroxylation is 1. The Balaban J connectivity index is 2.28. The molecule has 2 rings (SSSR count). The first-order chi connectivity index (χ1) is 6.40. The van der Waals surface area contributed by atoms with E-state index in [1.165, 1.54) is 5.39 Å². The van der Waals surface area contributed by atoms with Crippen LogP contribution < -0.4 is 5.73 Å². The van der Waals surface area contributed by atoms with E-state index in [2.05, 4.69) is 12.1 Å². The molecule has 0 unspecified atom stereocenters. The number of hydrogen-bond acceptors (Lipinski definition) is 2. The van der Waals surface area contributed by atoms with E-state index in [1.807, 2.05) is 18.2 Å². The molecule has 0 amide bonds. The molecule has 0 bridgehead atoms. The fourth-order valence-electron chi connectivity index (χ4n) is 1.44. The molecule has 2 N–H and O–H groups in total. The van der Waals surface area contributed by atoms with Gasteiger partial charge in [-0.25, -0.2) is 0 Å². The number of nitrogens with two attached hydrogens (primary N) is 1. The molecule has 0 saturated heterocycles. The van der Waals surface area contributed by atoms with Crippen LogP contribution in [0.4, 0.5) is 0 Å². The highest BCUT2D eigenvalue weighted by Crippen LogP contribution is 2.19. The SMILES string of the molecule is NCCCc1cc2ccccc2o1. The van der Waals surface area contributed by atoms with Crippen LogP contribution in [0.15, 0.2) is 34.7 Å². The molecular weight excluding hydrogens is 162 g/mol. The smallest absolute Gasteiger partial charge is 0.134 e. The summed E-state index contributed by atoms with van der Waals surface area (Å²) in [6, 6.07) is 10.1. The molecule has 68 valence electrons. The van der Waals surface area contributed by atoms with Gasteiger partial charge in [-0.15, -0.1) is 0 Å². The van der Waals surface area contributed by atoms with Gasteiger partial charge in [-0.1, -0.05) is 18.2 Å². The van der Waals surface area contributed by atoms with Gasteiger partial charge in [0, 0.05) is 11.8 Å². The topological polar surface area (TPSA) is 39.2 Å². The Labute approximate surface area is 77.3 Å². The monoisotopic (exact) mass is 175 g/mol. The van der Waals surface area contributed by atoms with Gasteiger partial charge in [0.1, 0.15) is 11.3 Å². The second-order valence-electron chi connectivity index (χ2n) is 3.14. The molecule has 0 saturated carbocycles. The van der Waals surface area contributed by atoms with Gasteiger partial charge in [0.05, 0.1) is 0 Å². The van der Waals surface area contributed by atoms with Crippen LogP contribution in [-0.2, 0) is 6.42 Å². The van der Waals surface area contributed by atoms with Crippen molar-refractivity contribution in [2.45, 2.75) is 12.8 Å². The van der Waals surface area contributed by atoms with Gasteiger partial charge in [0.25, 0.3) is 0 Å². The molecule has 2 nitrogen and oxygen atoms in total. The van der Waals surface area contributed by atoms with Crippen LogP contribution in [0.25, 0.3) is 11.0 Å². The largest absolute Gasteiger partial charge is 0.461 e. The van der Waals surface area contributed by atoms with Gasteiger partial charge in [0.2, 0.25) is 0 Å². The number of fused-ring (bicyclic) bond motifs is 1. The van der Waals surface area contributed by atoms with E-state index in [4.69, 9.17) is 10.2 Å². The molecule has 0 fully saturated rings. The lowest BCUT2D eigenvalue weighted by molar-refractivity contribution is 0.540. The van der Waals surface area contributed by atoms with Crippen molar-refractivity contribution >= 4 is 11.0 Å². The fourth-order valence-corrected chi connectivity index (χ4v) is 1.44. The molecule has 0 aliphatic carbocycles. The van der Waals surface area contributed by atoms with Gasteiger partial charge in [0.15, 0.2) is 0 Å². The van der Waals surface area contributed by atoms with Gasteiger partial charge >= 0.3 is 0 Å². The predicted octanol–water partition coefficient (Wildman–Crippen LogP) is 2.32. The molecule has 0 atom stereocenters. The van der Waals surface area contributed by atoms with E-state index in [1.54, 1.807) is 0 Å². The number of furan rings is 1. The number of benzene rings is 1. The molecule has 13 heavy (non-hydrogen) atoms. The third kappa shape index (κ3) is 1.73. The van der Waals surface area contributed by atoms with Gasteiger partial charge in [-0.2, -0.15) is 0 Å². The summed E-state index contributed by atoms with van der Waals surface area (Å²) in [6.07, 6.45) is 1.92. The van der Waals surface area contributed by atoms with E-state index < -0.39 is 0 Å². The zero-order valence-electron chi connectivity index (χ0n) is 7.49. The molecule has 0 aliphatic rings. The molecule has 2 aromatic rings. The summed E-state index contributed by atoms with van der Waals surface area (Å²) in [5.74, 6) is 1.03. The van der Waals surface area contributed by atoms with E-state index in [0.717, 1.165) is 30.7 Å². The molecule has 1 aromatic heterocycles. The van der Waals surface area contributed by atoms with Crippen molar-refractivity contribution < 1.29 is 4.42 Å². The summed E-state index contributed by atoms with van der Waals surface area (Å²) in [6.45, 7) is 0.719. The Morgan fingerprint density at radius 1 is 1.23 bits per heavy atom. The Bertz CT molecular complexity index is 359. The molecule has 0 aliphatic heterocycles. The number of rotatable bonds is 3. The Hall–Kier alpha value is -1.28. The summed E-state index contributed by atoms with van der Waals surface area (Å²) in [5, 5.41) is 1.18. The maximum absolute atomic E-state index is 5.61. The van der Waals surface area contributed by atoms with Gasteiger partial charge < -0.3 is 10.2 Å². The average molecular weight is 175 g/mol. The Kier molecular flexibility index (Phi) is 2.32. The van der Waals surface area contributed by atoms with Crippen molar-refractivity contribution in [1.82, 2.24) is 0 Å². The van der Waals surface area contributed by atoms with Crippen LogP contribution in [0.3, 0.4) is 0 Å². The fraction of sp³-hybridized carbons (Fsp3) is 0.273. The first-order valence-electron chi connectivity index (χ1n) is 4.57. The lowest BCUT2D eigenvalue weighted by atomic mass is 10.2. The molecule has 2 heteroatoms. The van der Waals surface area contributed by atoms with Crippen molar-refractivity contribution in [2.75, 3.05) is 6.54 Å². The summed E-state index contributed by atoms with van der Waals surface area (Å²) in [4.78, 5) is 0. The maximum Gasteiger partial charge on any atom is 0.134 e. The first-order valence-corrected chi connectivity index (χ1v) is 4.57. The second-order valence-corrected chi connectivity index (χ2v) is 3.14. The standard InChI is InChI=1S/C11H13NO/c12-7-3-5-10-8-9-4-1-2-6-11(9)13-10/h1-2,4,6,8H,3,5,7,12H2. The zero-order chi connectivity index (χ0) is 9.10.